The van der Waals surface area contributed by atoms with Gasteiger partial charge in [0.2, 0.25) is 5.91 Å². The fourth-order valence-electron chi connectivity index (χ4n) is 2.38. The number of hydrogen-bond acceptors (Lipinski definition) is 4. The van der Waals surface area contributed by atoms with Gasteiger partial charge in [0, 0.05) is 18.3 Å². The van der Waals surface area contributed by atoms with E-state index in [4.69, 9.17) is 4.74 Å². The van der Waals surface area contributed by atoms with Gasteiger partial charge in [-0.15, -0.1) is 0 Å². The van der Waals surface area contributed by atoms with Gasteiger partial charge in [-0.25, -0.2) is 0 Å². The fourth-order valence-corrected chi connectivity index (χ4v) is 2.38. The van der Waals surface area contributed by atoms with Crippen LogP contribution in [-0.4, -0.2) is 31.0 Å². The van der Waals surface area contributed by atoms with E-state index in [2.05, 4.69) is 10.2 Å². The van der Waals surface area contributed by atoms with Crippen LogP contribution in [0.2, 0.25) is 0 Å². The Morgan fingerprint density at radius 2 is 2.05 bits per heavy atom. The monoisotopic (exact) mass is 271 g/mol. The van der Waals surface area contributed by atoms with Crippen LogP contribution >= 0.6 is 0 Å². The number of carbonyl (C=O) groups is 1. The molecule has 0 bridgehead atoms. The molecule has 5 heteroatoms. The Hall–Kier alpha value is -2.17. The quantitative estimate of drug-likeness (QED) is 0.787. The minimum Gasteiger partial charge on any atom is -0.491 e. The van der Waals surface area contributed by atoms with E-state index in [1.165, 1.54) is 0 Å². The highest BCUT2D eigenvalue weighted by Crippen LogP contribution is 2.32. The number of hydrogen-bond donors (Lipinski definition) is 0. The average molecular weight is 271 g/mol. The second-order valence-corrected chi connectivity index (χ2v) is 5.12. The van der Waals surface area contributed by atoms with Gasteiger partial charge < -0.3 is 9.64 Å². The molecule has 0 N–H and O–H groups in total. The molecule has 5 nitrogen and oxygen atoms in total. The van der Waals surface area contributed by atoms with Gasteiger partial charge >= 0.3 is 0 Å². The Bertz CT molecular complexity index is 620. The SMILES string of the molecule is CC1=NN=C(c2ccc3c(c2)N(C)C(=O)CCO3)CC1. The van der Waals surface area contributed by atoms with Crippen LogP contribution in [0.3, 0.4) is 0 Å². The molecule has 2 heterocycles. The summed E-state index contributed by atoms with van der Waals surface area (Å²) in [6.45, 7) is 2.41. The van der Waals surface area contributed by atoms with Crippen molar-refractivity contribution in [2.24, 2.45) is 10.2 Å². The van der Waals surface area contributed by atoms with Gasteiger partial charge in [0.15, 0.2) is 0 Å². The molecule has 20 heavy (non-hydrogen) atoms. The van der Waals surface area contributed by atoms with Crippen LogP contribution in [0.15, 0.2) is 28.4 Å². The summed E-state index contributed by atoms with van der Waals surface area (Å²) in [4.78, 5) is 13.6. The first kappa shape index (κ1) is 12.8. The number of benzene rings is 1. The second-order valence-electron chi connectivity index (χ2n) is 5.12. The maximum absolute atomic E-state index is 11.9. The molecule has 0 aromatic heterocycles. The van der Waals surface area contributed by atoms with Crippen LogP contribution in [-0.2, 0) is 4.79 Å². The third-order valence-corrected chi connectivity index (χ3v) is 3.67. The van der Waals surface area contributed by atoms with E-state index in [-0.39, 0.29) is 5.91 Å². The third kappa shape index (κ3) is 2.31. The molecule has 104 valence electrons. The average Bonchev–Trinajstić information content (AvgIpc) is 2.60. The summed E-state index contributed by atoms with van der Waals surface area (Å²) in [5.41, 5.74) is 3.83. The van der Waals surface area contributed by atoms with E-state index in [1.807, 2.05) is 25.1 Å². The van der Waals surface area contributed by atoms with Crippen molar-refractivity contribution >= 4 is 23.0 Å². The molecular formula is C15H17N3O2. The molecule has 1 aromatic rings. The van der Waals surface area contributed by atoms with Crippen molar-refractivity contribution in [3.63, 3.8) is 0 Å². The molecule has 2 aliphatic heterocycles. The number of anilines is 1. The Labute approximate surface area is 117 Å². The molecule has 0 unspecified atom stereocenters. The minimum absolute atomic E-state index is 0.0698. The molecule has 2 aliphatic rings. The van der Waals surface area contributed by atoms with Crippen molar-refractivity contribution in [3.05, 3.63) is 23.8 Å². The fraction of sp³-hybridized carbons (Fsp3) is 0.400. The number of fused-ring (bicyclic) bond motifs is 1. The van der Waals surface area contributed by atoms with E-state index in [0.29, 0.717) is 13.0 Å². The molecule has 0 fully saturated rings. The largest absolute Gasteiger partial charge is 0.491 e. The topological polar surface area (TPSA) is 54.3 Å². The predicted molar refractivity (Wildman–Crippen MR) is 78.8 cm³/mol. The van der Waals surface area contributed by atoms with Gasteiger partial charge in [0.05, 0.1) is 24.4 Å². The Morgan fingerprint density at radius 1 is 1.20 bits per heavy atom. The van der Waals surface area contributed by atoms with Crippen molar-refractivity contribution in [3.8, 4) is 5.75 Å². The molecule has 0 aliphatic carbocycles. The van der Waals surface area contributed by atoms with Crippen LogP contribution in [0, 0.1) is 0 Å². The molecule has 1 aromatic carbocycles. The first-order valence-corrected chi connectivity index (χ1v) is 6.79. The van der Waals surface area contributed by atoms with Crippen LogP contribution < -0.4 is 9.64 Å². The maximum Gasteiger partial charge on any atom is 0.230 e. The van der Waals surface area contributed by atoms with E-state index in [9.17, 15) is 4.79 Å². The lowest BCUT2D eigenvalue weighted by Gasteiger charge is -2.18. The number of rotatable bonds is 1. The summed E-state index contributed by atoms with van der Waals surface area (Å²) < 4.78 is 5.62. The molecule has 0 atom stereocenters. The summed E-state index contributed by atoms with van der Waals surface area (Å²) in [6, 6.07) is 5.86. The summed E-state index contributed by atoms with van der Waals surface area (Å²) in [5.74, 6) is 0.818. The first-order chi connectivity index (χ1) is 9.65. The van der Waals surface area contributed by atoms with Crippen molar-refractivity contribution in [2.75, 3.05) is 18.6 Å². The Kier molecular flexibility index (Phi) is 3.26. The molecule has 0 saturated heterocycles. The van der Waals surface area contributed by atoms with E-state index in [1.54, 1.807) is 11.9 Å². The van der Waals surface area contributed by atoms with E-state index in [0.717, 1.165) is 41.3 Å². The Morgan fingerprint density at radius 3 is 2.80 bits per heavy atom. The zero-order valence-electron chi connectivity index (χ0n) is 11.7. The van der Waals surface area contributed by atoms with Crippen molar-refractivity contribution in [2.45, 2.75) is 26.2 Å². The second kappa shape index (κ2) is 5.07. The summed E-state index contributed by atoms with van der Waals surface area (Å²) in [7, 11) is 1.78. The van der Waals surface area contributed by atoms with Crippen LogP contribution in [0.4, 0.5) is 5.69 Å². The maximum atomic E-state index is 11.9. The van der Waals surface area contributed by atoms with E-state index < -0.39 is 0 Å². The van der Waals surface area contributed by atoms with Gasteiger partial charge in [-0.3, -0.25) is 4.79 Å². The zero-order valence-corrected chi connectivity index (χ0v) is 11.7. The van der Waals surface area contributed by atoms with Crippen LogP contribution in [0.1, 0.15) is 31.7 Å². The van der Waals surface area contributed by atoms with Crippen molar-refractivity contribution in [1.29, 1.82) is 0 Å². The van der Waals surface area contributed by atoms with E-state index >= 15 is 0 Å². The van der Waals surface area contributed by atoms with Crippen molar-refractivity contribution < 1.29 is 9.53 Å². The number of carbonyl (C=O) groups excluding carboxylic acids is 1. The van der Waals surface area contributed by atoms with Gasteiger partial charge in [-0.05, 0) is 38.0 Å². The molecule has 0 spiro atoms. The highest BCUT2D eigenvalue weighted by molar-refractivity contribution is 6.06. The molecule has 0 radical (unpaired) electrons. The highest BCUT2D eigenvalue weighted by atomic mass is 16.5. The molecule has 1 amide bonds. The van der Waals surface area contributed by atoms with Gasteiger partial charge in [0.25, 0.3) is 0 Å². The normalized spacial score (nSPS) is 18.7. The van der Waals surface area contributed by atoms with Crippen LogP contribution in [0.25, 0.3) is 0 Å². The predicted octanol–water partition coefficient (Wildman–Crippen LogP) is 2.39. The standard InChI is InChI=1S/C15H17N3O2/c1-10-3-5-12(17-16-10)11-4-6-14-13(9-11)18(2)15(19)7-8-20-14/h4,6,9H,3,5,7-8H2,1-2H3. The number of nitrogens with zero attached hydrogens (tertiary/aromatic N) is 3. The highest BCUT2D eigenvalue weighted by Gasteiger charge is 2.21. The first-order valence-electron chi connectivity index (χ1n) is 6.79. The van der Waals surface area contributed by atoms with Crippen molar-refractivity contribution in [1.82, 2.24) is 0 Å². The van der Waals surface area contributed by atoms with Gasteiger partial charge in [-0.2, -0.15) is 10.2 Å². The Balaban J connectivity index is 2.00. The zero-order chi connectivity index (χ0) is 14.1. The lowest BCUT2D eigenvalue weighted by Crippen LogP contribution is -2.25. The third-order valence-electron chi connectivity index (χ3n) is 3.67. The number of ether oxygens (including phenoxy) is 1. The molecular weight excluding hydrogens is 254 g/mol. The summed E-state index contributed by atoms with van der Waals surface area (Å²) in [5, 5.41) is 8.40. The smallest absolute Gasteiger partial charge is 0.230 e. The van der Waals surface area contributed by atoms with Gasteiger partial charge in [0.1, 0.15) is 5.75 Å². The number of amides is 1. The minimum atomic E-state index is 0.0698. The van der Waals surface area contributed by atoms with Gasteiger partial charge in [-0.1, -0.05) is 0 Å². The molecule has 3 rings (SSSR count). The summed E-state index contributed by atoms with van der Waals surface area (Å²) >= 11 is 0. The lowest BCUT2D eigenvalue weighted by molar-refractivity contribution is -0.118. The summed E-state index contributed by atoms with van der Waals surface area (Å²) in [6.07, 6.45) is 2.22. The van der Waals surface area contributed by atoms with Crippen LogP contribution in [0.5, 0.6) is 5.75 Å². The molecule has 0 saturated carbocycles. The lowest BCUT2D eigenvalue weighted by atomic mass is 10.0.